The number of carbonyl (C=O) groups excluding carboxylic acids is 2. The van der Waals surface area contributed by atoms with Gasteiger partial charge in [-0.15, -0.1) is 0 Å². The molecule has 2 aliphatic rings. The number of hydrogen-bond donors (Lipinski definition) is 1. The number of rotatable bonds is 4. The number of hydrogen-bond acceptors (Lipinski definition) is 3. The van der Waals surface area contributed by atoms with E-state index in [1.54, 1.807) is 4.90 Å². The molecule has 5 heteroatoms. The van der Waals surface area contributed by atoms with Crippen molar-refractivity contribution in [2.24, 2.45) is 0 Å². The van der Waals surface area contributed by atoms with Gasteiger partial charge in [-0.25, -0.2) is 4.79 Å². The average Bonchev–Trinajstić information content (AvgIpc) is 2.73. The number of benzene rings is 1. The predicted octanol–water partition coefficient (Wildman–Crippen LogP) is 2.15. The van der Waals surface area contributed by atoms with E-state index in [4.69, 9.17) is 0 Å². The summed E-state index contributed by atoms with van der Waals surface area (Å²) in [6, 6.07) is 9.70. The summed E-state index contributed by atoms with van der Waals surface area (Å²) < 4.78 is 0. The van der Waals surface area contributed by atoms with Crippen LogP contribution in [0.25, 0.3) is 0 Å². The number of nitrogens with one attached hydrogen (secondary N) is 1. The molecule has 3 amide bonds. The van der Waals surface area contributed by atoms with E-state index < -0.39 is 5.54 Å². The van der Waals surface area contributed by atoms with Crippen molar-refractivity contribution in [1.82, 2.24) is 15.1 Å². The van der Waals surface area contributed by atoms with Gasteiger partial charge in [0.05, 0.1) is 6.04 Å². The molecule has 1 N–H and O–H groups in total. The number of fused-ring (bicyclic) bond motifs is 1. The fourth-order valence-corrected chi connectivity index (χ4v) is 3.46. The fraction of sp³-hybridized carbons (Fsp3) is 0.529. The van der Waals surface area contributed by atoms with Gasteiger partial charge >= 0.3 is 6.03 Å². The molecule has 0 radical (unpaired) electrons. The van der Waals surface area contributed by atoms with Crippen molar-refractivity contribution in [2.45, 2.75) is 38.3 Å². The molecule has 0 aliphatic carbocycles. The van der Waals surface area contributed by atoms with Crippen LogP contribution in [0.2, 0.25) is 0 Å². The molecule has 1 aromatic rings. The number of carbonyl (C=O) groups is 2. The van der Waals surface area contributed by atoms with Gasteiger partial charge in [0.1, 0.15) is 5.54 Å². The second-order valence-corrected chi connectivity index (χ2v) is 6.29. The van der Waals surface area contributed by atoms with Gasteiger partial charge in [0.25, 0.3) is 5.91 Å². The Morgan fingerprint density at radius 3 is 2.68 bits per heavy atom. The van der Waals surface area contributed by atoms with E-state index in [2.05, 4.69) is 12.2 Å². The van der Waals surface area contributed by atoms with Crippen LogP contribution in [0.15, 0.2) is 30.3 Å². The number of nitrogens with zero attached hydrogens (tertiary/aromatic N) is 2. The highest BCUT2D eigenvalue weighted by Crippen LogP contribution is 2.38. The lowest BCUT2D eigenvalue weighted by molar-refractivity contribution is -0.133. The summed E-state index contributed by atoms with van der Waals surface area (Å²) in [5.74, 6) is -0.0703. The maximum Gasteiger partial charge on any atom is 0.328 e. The third kappa shape index (κ3) is 2.20. The molecule has 2 fully saturated rings. The average molecular weight is 301 g/mol. The standard InChI is InChI=1S/C17H23N3O2/c1-3-4-10-19-15(21)17(2)12-18-11-14(20(17)16(19)22)13-8-6-5-7-9-13/h5-9,14,18H,3-4,10-12H2,1-2H3/t14-,17-/m1/s1. The van der Waals surface area contributed by atoms with Crippen LogP contribution in [0.3, 0.4) is 0 Å². The maximum atomic E-state index is 12.8. The van der Waals surface area contributed by atoms with Crippen molar-refractivity contribution in [1.29, 1.82) is 0 Å². The molecule has 2 heterocycles. The van der Waals surface area contributed by atoms with Gasteiger partial charge in [-0.05, 0) is 18.9 Å². The molecule has 0 saturated carbocycles. The first-order chi connectivity index (χ1) is 10.6. The monoisotopic (exact) mass is 301 g/mol. The quantitative estimate of drug-likeness (QED) is 0.867. The van der Waals surface area contributed by atoms with Crippen LogP contribution in [0.1, 0.15) is 38.3 Å². The molecular weight excluding hydrogens is 278 g/mol. The van der Waals surface area contributed by atoms with Crippen LogP contribution in [-0.2, 0) is 4.79 Å². The van der Waals surface area contributed by atoms with Crippen molar-refractivity contribution >= 4 is 11.9 Å². The molecule has 0 bridgehead atoms. The van der Waals surface area contributed by atoms with Gasteiger partial charge in [0, 0.05) is 19.6 Å². The lowest BCUT2D eigenvalue weighted by Gasteiger charge is -2.42. The Bertz CT molecular complexity index is 575. The van der Waals surface area contributed by atoms with Crippen LogP contribution in [0.5, 0.6) is 0 Å². The van der Waals surface area contributed by atoms with Gasteiger partial charge in [0.2, 0.25) is 0 Å². The van der Waals surface area contributed by atoms with E-state index in [9.17, 15) is 9.59 Å². The number of unbranched alkanes of at least 4 members (excludes halogenated alkanes) is 1. The van der Waals surface area contributed by atoms with Crippen LogP contribution in [-0.4, -0.2) is 46.9 Å². The van der Waals surface area contributed by atoms with Crippen molar-refractivity contribution in [3.8, 4) is 0 Å². The highest BCUT2D eigenvalue weighted by atomic mass is 16.2. The fourth-order valence-electron chi connectivity index (χ4n) is 3.46. The molecule has 0 unspecified atom stereocenters. The first-order valence-corrected chi connectivity index (χ1v) is 8.00. The first kappa shape index (κ1) is 15.0. The molecule has 0 aromatic heterocycles. The molecule has 118 valence electrons. The molecule has 1 aromatic carbocycles. The molecule has 0 spiro atoms. The minimum absolute atomic E-state index is 0.0703. The van der Waals surface area contributed by atoms with E-state index in [1.807, 2.05) is 37.3 Å². The zero-order valence-corrected chi connectivity index (χ0v) is 13.2. The molecule has 3 rings (SSSR count). The van der Waals surface area contributed by atoms with E-state index in [0.29, 0.717) is 19.6 Å². The van der Waals surface area contributed by atoms with Gasteiger partial charge in [-0.1, -0.05) is 43.7 Å². The molecule has 22 heavy (non-hydrogen) atoms. The normalized spacial score (nSPS) is 28.2. The highest BCUT2D eigenvalue weighted by molar-refractivity contribution is 6.07. The third-order valence-electron chi connectivity index (χ3n) is 4.71. The van der Waals surface area contributed by atoms with Crippen LogP contribution in [0, 0.1) is 0 Å². The zero-order chi connectivity index (χ0) is 15.7. The highest BCUT2D eigenvalue weighted by Gasteiger charge is 2.57. The summed E-state index contributed by atoms with van der Waals surface area (Å²) in [6.45, 7) is 5.65. The van der Waals surface area contributed by atoms with E-state index in [0.717, 1.165) is 18.4 Å². The molecule has 2 aliphatic heterocycles. The third-order valence-corrected chi connectivity index (χ3v) is 4.71. The molecule has 2 saturated heterocycles. The van der Waals surface area contributed by atoms with Crippen LogP contribution in [0.4, 0.5) is 4.79 Å². The Kier molecular flexibility index (Phi) is 3.91. The van der Waals surface area contributed by atoms with E-state index >= 15 is 0 Å². The summed E-state index contributed by atoms with van der Waals surface area (Å²) in [4.78, 5) is 28.9. The lowest BCUT2D eigenvalue weighted by Crippen LogP contribution is -2.61. The van der Waals surface area contributed by atoms with Gasteiger partial charge in [0.15, 0.2) is 0 Å². The van der Waals surface area contributed by atoms with E-state index in [-0.39, 0.29) is 18.0 Å². The number of imide groups is 1. The Balaban J connectivity index is 1.95. The Morgan fingerprint density at radius 1 is 1.27 bits per heavy atom. The second kappa shape index (κ2) is 5.72. The summed E-state index contributed by atoms with van der Waals surface area (Å²) >= 11 is 0. The summed E-state index contributed by atoms with van der Waals surface area (Å²) in [7, 11) is 0. The smallest absolute Gasteiger partial charge is 0.311 e. The minimum Gasteiger partial charge on any atom is -0.311 e. The largest absolute Gasteiger partial charge is 0.328 e. The van der Waals surface area contributed by atoms with Crippen molar-refractivity contribution in [2.75, 3.05) is 19.6 Å². The van der Waals surface area contributed by atoms with Gasteiger partial charge < -0.3 is 10.2 Å². The predicted molar refractivity (Wildman–Crippen MR) is 84.3 cm³/mol. The van der Waals surface area contributed by atoms with Gasteiger partial charge in [-0.3, -0.25) is 9.69 Å². The second-order valence-electron chi connectivity index (χ2n) is 6.29. The van der Waals surface area contributed by atoms with Gasteiger partial charge in [-0.2, -0.15) is 0 Å². The SMILES string of the molecule is CCCCN1C(=O)N2[C@@H](c3ccccc3)CNC[C@]2(C)C1=O. The Labute approximate surface area is 131 Å². The Hall–Kier alpha value is -1.88. The first-order valence-electron chi connectivity index (χ1n) is 8.00. The number of amides is 3. The molecule has 2 atom stereocenters. The lowest BCUT2D eigenvalue weighted by atomic mass is 9.92. The summed E-state index contributed by atoms with van der Waals surface area (Å²) in [6.07, 6.45) is 1.82. The molecular formula is C17H23N3O2. The van der Waals surface area contributed by atoms with Crippen LogP contribution >= 0.6 is 0 Å². The summed E-state index contributed by atoms with van der Waals surface area (Å²) in [5.41, 5.74) is 0.295. The maximum absolute atomic E-state index is 12.8. The van der Waals surface area contributed by atoms with Crippen LogP contribution < -0.4 is 5.32 Å². The molecule has 5 nitrogen and oxygen atoms in total. The minimum atomic E-state index is -0.774. The topological polar surface area (TPSA) is 52.7 Å². The zero-order valence-electron chi connectivity index (χ0n) is 13.2. The van der Waals surface area contributed by atoms with Crippen molar-refractivity contribution in [3.63, 3.8) is 0 Å². The number of urea groups is 1. The summed E-state index contributed by atoms with van der Waals surface area (Å²) in [5, 5.41) is 3.33. The Morgan fingerprint density at radius 2 is 2.00 bits per heavy atom. The number of piperazine rings is 1. The van der Waals surface area contributed by atoms with Crippen molar-refractivity contribution < 1.29 is 9.59 Å². The van der Waals surface area contributed by atoms with E-state index in [1.165, 1.54) is 4.90 Å². The van der Waals surface area contributed by atoms with Crippen molar-refractivity contribution in [3.05, 3.63) is 35.9 Å².